The van der Waals surface area contributed by atoms with Crippen molar-refractivity contribution in [1.29, 1.82) is 5.26 Å². The Hall–Kier alpha value is -2.32. The first kappa shape index (κ1) is 14.1. The summed E-state index contributed by atoms with van der Waals surface area (Å²) in [5, 5.41) is 8.24. The Labute approximate surface area is 120 Å². The molecule has 2 aromatic carbocycles. The second-order valence-electron chi connectivity index (χ2n) is 4.09. The molecule has 0 saturated carbocycles. The molecule has 0 fully saturated rings. The van der Waals surface area contributed by atoms with Crippen LogP contribution in [-0.4, -0.2) is 5.91 Å². The van der Waals surface area contributed by atoms with Crippen molar-refractivity contribution in [2.45, 2.75) is 10.1 Å². The number of carbonyl (C=O) groups excluding carboxylic acids is 1. The fourth-order valence-corrected chi connectivity index (χ4v) is 2.74. The fraction of sp³-hybridized carbons (Fsp3) is 0.0667. The molecule has 3 nitrogen and oxygen atoms in total. The molecule has 100 valence electrons. The highest BCUT2D eigenvalue weighted by atomic mass is 32.2. The molecule has 0 spiro atoms. The molecule has 0 aliphatic rings. The van der Waals surface area contributed by atoms with Crippen molar-refractivity contribution in [2.75, 3.05) is 0 Å². The minimum absolute atomic E-state index is 0.367. The summed E-state index contributed by atoms with van der Waals surface area (Å²) >= 11 is 1.24. The molecule has 2 N–H and O–H groups in total. The average Bonchev–Trinajstić information content (AvgIpc) is 2.46. The van der Waals surface area contributed by atoms with E-state index in [1.165, 1.54) is 36.0 Å². The summed E-state index contributed by atoms with van der Waals surface area (Å²) < 4.78 is 12.9. The molecule has 0 bridgehead atoms. The summed E-state index contributed by atoms with van der Waals surface area (Å²) in [6.07, 6.45) is 0. The van der Waals surface area contributed by atoms with Crippen molar-refractivity contribution in [3.05, 3.63) is 65.5 Å². The first-order chi connectivity index (χ1) is 9.60. The topological polar surface area (TPSA) is 66.9 Å². The third kappa shape index (κ3) is 3.37. The van der Waals surface area contributed by atoms with Crippen LogP contribution in [0, 0.1) is 17.1 Å². The van der Waals surface area contributed by atoms with E-state index in [9.17, 15) is 9.18 Å². The van der Waals surface area contributed by atoms with E-state index in [1.54, 1.807) is 24.3 Å². The van der Waals surface area contributed by atoms with Crippen LogP contribution in [0.5, 0.6) is 0 Å². The molecule has 0 saturated heterocycles. The monoisotopic (exact) mass is 286 g/mol. The van der Waals surface area contributed by atoms with Gasteiger partial charge in [0.15, 0.2) is 0 Å². The summed E-state index contributed by atoms with van der Waals surface area (Å²) in [4.78, 5) is 12.3. The zero-order chi connectivity index (χ0) is 14.5. The molecular formula is C15H11FN2OS. The Morgan fingerprint density at radius 1 is 1.25 bits per heavy atom. The van der Waals surface area contributed by atoms with E-state index in [0.717, 1.165) is 4.90 Å². The first-order valence-corrected chi connectivity index (χ1v) is 6.69. The molecule has 0 heterocycles. The highest BCUT2D eigenvalue weighted by Gasteiger charge is 2.19. The predicted molar refractivity (Wildman–Crippen MR) is 75.3 cm³/mol. The lowest BCUT2D eigenvalue weighted by molar-refractivity contribution is -0.117. The van der Waals surface area contributed by atoms with Crippen molar-refractivity contribution in [3.8, 4) is 6.07 Å². The lowest BCUT2D eigenvalue weighted by atomic mass is 10.1. The third-order valence-electron chi connectivity index (χ3n) is 2.65. The van der Waals surface area contributed by atoms with E-state index in [0.29, 0.717) is 11.1 Å². The Kier molecular flexibility index (Phi) is 4.38. The summed E-state index contributed by atoms with van der Waals surface area (Å²) in [6, 6.07) is 14.6. The van der Waals surface area contributed by atoms with Crippen LogP contribution >= 0.6 is 11.8 Å². The number of hydrogen-bond donors (Lipinski definition) is 1. The van der Waals surface area contributed by atoms with Crippen molar-refractivity contribution < 1.29 is 9.18 Å². The Morgan fingerprint density at radius 2 is 1.95 bits per heavy atom. The number of benzene rings is 2. The van der Waals surface area contributed by atoms with Gasteiger partial charge in [-0.05, 0) is 35.9 Å². The average molecular weight is 286 g/mol. The highest BCUT2D eigenvalue weighted by Crippen LogP contribution is 2.35. The van der Waals surface area contributed by atoms with Gasteiger partial charge in [0.25, 0.3) is 0 Å². The highest BCUT2D eigenvalue weighted by molar-refractivity contribution is 8.00. The van der Waals surface area contributed by atoms with Gasteiger partial charge < -0.3 is 5.73 Å². The minimum atomic E-state index is -0.621. The lowest BCUT2D eigenvalue weighted by Crippen LogP contribution is -2.18. The standard InChI is InChI=1S/C15H11FN2OS/c16-12-6-4-11(5-7-12)14(15(18)19)20-13-3-1-2-10(8-13)9-17/h1-8,14H,(H2,18,19)/t14-/m0/s1. The van der Waals surface area contributed by atoms with Crippen LogP contribution in [0.25, 0.3) is 0 Å². The Morgan fingerprint density at radius 3 is 2.55 bits per heavy atom. The third-order valence-corrected chi connectivity index (χ3v) is 3.91. The molecule has 2 aromatic rings. The summed E-state index contributed by atoms with van der Waals surface area (Å²) in [5.74, 6) is -0.877. The van der Waals surface area contributed by atoms with Gasteiger partial charge in [-0.3, -0.25) is 4.79 Å². The van der Waals surface area contributed by atoms with Gasteiger partial charge >= 0.3 is 0 Å². The fourth-order valence-electron chi connectivity index (χ4n) is 1.70. The molecule has 20 heavy (non-hydrogen) atoms. The van der Waals surface area contributed by atoms with E-state index < -0.39 is 11.2 Å². The zero-order valence-corrected chi connectivity index (χ0v) is 11.2. The van der Waals surface area contributed by atoms with Crippen molar-refractivity contribution in [3.63, 3.8) is 0 Å². The molecular weight excluding hydrogens is 275 g/mol. The van der Waals surface area contributed by atoms with Gasteiger partial charge in [-0.1, -0.05) is 18.2 Å². The second-order valence-corrected chi connectivity index (χ2v) is 5.27. The summed E-state index contributed by atoms with van der Waals surface area (Å²) in [7, 11) is 0. The van der Waals surface area contributed by atoms with Gasteiger partial charge in [0, 0.05) is 4.90 Å². The summed E-state index contributed by atoms with van der Waals surface area (Å²) in [6.45, 7) is 0. The quantitative estimate of drug-likeness (QED) is 0.878. The Balaban J connectivity index is 2.28. The number of carbonyl (C=O) groups is 1. The van der Waals surface area contributed by atoms with Crippen LogP contribution in [0.3, 0.4) is 0 Å². The molecule has 2 rings (SSSR count). The molecule has 1 amide bonds. The molecule has 0 unspecified atom stereocenters. The van der Waals surface area contributed by atoms with E-state index in [4.69, 9.17) is 11.0 Å². The number of amides is 1. The second kappa shape index (κ2) is 6.22. The van der Waals surface area contributed by atoms with Gasteiger partial charge in [-0.25, -0.2) is 4.39 Å². The van der Waals surface area contributed by atoms with Crippen molar-refractivity contribution in [2.24, 2.45) is 5.73 Å². The van der Waals surface area contributed by atoms with Crippen LogP contribution in [0.4, 0.5) is 4.39 Å². The molecule has 0 aromatic heterocycles. The molecule has 5 heteroatoms. The maximum atomic E-state index is 12.9. The van der Waals surface area contributed by atoms with Gasteiger partial charge in [0.05, 0.1) is 11.6 Å². The number of thioether (sulfide) groups is 1. The van der Waals surface area contributed by atoms with Crippen molar-refractivity contribution >= 4 is 17.7 Å². The smallest absolute Gasteiger partial charge is 0.235 e. The van der Waals surface area contributed by atoms with Gasteiger partial charge in [0.2, 0.25) is 5.91 Å². The Bertz CT molecular complexity index is 664. The van der Waals surface area contributed by atoms with Crippen LogP contribution in [-0.2, 0) is 4.79 Å². The number of nitrogens with two attached hydrogens (primary N) is 1. The van der Waals surface area contributed by atoms with Crippen LogP contribution in [0.2, 0.25) is 0 Å². The number of rotatable bonds is 4. The van der Waals surface area contributed by atoms with Gasteiger partial charge in [0.1, 0.15) is 11.1 Å². The largest absolute Gasteiger partial charge is 0.368 e. The zero-order valence-electron chi connectivity index (χ0n) is 10.4. The number of nitrogens with zero attached hydrogens (tertiary/aromatic N) is 1. The first-order valence-electron chi connectivity index (χ1n) is 5.82. The number of hydrogen-bond acceptors (Lipinski definition) is 3. The molecule has 1 atom stereocenters. The van der Waals surface area contributed by atoms with Crippen LogP contribution < -0.4 is 5.73 Å². The van der Waals surface area contributed by atoms with Crippen molar-refractivity contribution in [1.82, 2.24) is 0 Å². The van der Waals surface area contributed by atoms with Gasteiger partial charge in [-0.15, -0.1) is 11.8 Å². The number of halogens is 1. The maximum absolute atomic E-state index is 12.9. The molecule has 0 radical (unpaired) electrons. The number of primary amides is 1. The summed E-state index contributed by atoms with van der Waals surface area (Å²) in [5.41, 5.74) is 6.55. The maximum Gasteiger partial charge on any atom is 0.235 e. The van der Waals surface area contributed by atoms with Crippen LogP contribution in [0.1, 0.15) is 16.4 Å². The van der Waals surface area contributed by atoms with E-state index in [1.807, 2.05) is 6.07 Å². The lowest BCUT2D eigenvalue weighted by Gasteiger charge is -2.13. The van der Waals surface area contributed by atoms with E-state index in [2.05, 4.69) is 0 Å². The molecule has 0 aliphatic carbocycles. The van der Waals surface area contributed by atoms with Gasteiger partial charge in [-0.2, -0.15) is 5.26 Å². The normalized spacial score (nSPS) is 11.6. The van der Waals surface area contributed by atoms with Crippen LogP contribution in [0.15, 0.2) is 53.4 Å². The van der Waals surface area contributed by atoms with E-state index in [-0.39, 0.29) is 5.82 Å². The predicted octanol–water partition coefficient (Wildman–Crippen LogP) is 3.02. The molecule has 0 aliphatic heterocycles. The SMILES string of the molecule is N#Cc1cccc(S[C@H](C(N)=O)c2ccc(F)cc2)c1. The van der Waals surface area contributed by atoms with E-state index >= 15 is 0 Å². The minimum Gasteiger partial charge on any atom is -0.368 e. The number of nitriles is 1.